The van der Waals surface area contributed by atoms with Gasteiger partial charge in [0.05, 0.1) is 39.9 Å². The van der Waals surface area contributed by atoms with E-state index in [0.29, 0.717) is 17.4 Å². The van der Waals surface area contributed by atoms with Crippen LogP contribution in [0.1, 0.15) is 232 Å². The average Bonchev–Trinajstić information content (AvgIpc) is 3.23. The summed E-state index contributed by atoms with van der Waals surface area (Å²) in [6, 6.07) is -0.909. The van der Waals surface area contributed by atoms with Crippen molar-refractivity contribution in [2.45, 2.75) is 244 Å². The first kappa shape index (κ1) is 60.5. The van der Waals surface area contributed by atoms with E-state index in [2.05, 4.69) is 55.6 Å². The first-order chi connectivity index (χ1) is 30.0. The molecule has 0 fully saturated rings. The fraction of sp³-hybridized carbons (Fsp3) is 0.830. The highest BCUT2D eigenvalue weighted by Gasteiger charge is 2.23. The van der Waals surface area contributed by atoms with E-state index in [1.807, 2.05) is 27.2 Å². The van der Waals surface area contributed by atoms with Gasteiger partial charge in [-0.25, -0.2) is 0 Å². The summed E-state index contributed by atoms with van der Waals surface area (Å²) in [6.07, 6.45) is 57.6. The van der Waals surface area contributed by atoms with Crippen LogP contribution in [0.5, 0.6) is 0 Å². The number of nitrogens with one attached hydrogen (secondary N) is 1. The zero-order valence-electron chi connectivity index (χ0n) is 41.3. The number of rotatable bonds is 47. The molecule has 0 aliphatic carbocycles. The maximum atomic E-state index is 12.9. The van der Waals surface area contributed by atoms with E-state index in [9.17, 15) is 19.4 Å². The minimum absolute atomic E-state index is 0.00968. The lowest BCUT2D eigenvalue weighted by molar-refractivity contribution is -0.870. The molecule has 62 heavy (non-hydrogen) atoms. The number of likely N-dealkylation sites (N-methyl/N-ethyl adjacent to an activating group) is 1. The van der Waals surface area contributed by atoms with Crippen molar-refractivity contribution in [3.63, 3.8) is 0 Å². The smallest absolute Gasteiger partial charge is 0.268 e. The first-order valence-corrected chi connectivity index (χ1v) is 27.5. The van der Waals surface area contributed by atoms with Crippen LogP contribution in [0.25, 0.3) is 0 Å². The molecule has 9 heteroatoms. The summed E-state index contributed by atoms with van der Waals surface area (Å²) in [7, 11) is 1.23. The molecule has 0 aliphatic rings. The van der Waals surface area contributed by atoms with Crippen LogP contribution in [0.15, 0.2) is 48.6 Å². The van der Waals surface area contributed by atoms with Crippen molar-refractivity contribution >= 4 is 13.7 Å². The number of hydrogen-bond acceptors (Lipinski definition) is 6. The summed E-state index contributed by atoms with van der Waals surface area (Å²) in [5, 5.41) is 13.8. The van der Waals surface area contributed by atoms with Gasteiger partial charge in [0.2, 0.25) is 5.91 Å². The molecule has 0 saturated carbocycles. The number of nitrogens with zero attached hydrogens (tertiary/aromatic N) is 1. The Morgan fingerprint density at radius 3 is 1.35 bits per heavy atom. The number of phosphoric ester groups is 1. The summed E-state index contributed by atoms with van der Waals surface area (Å²) in [4.78, 5) is 25.3. The van der Waals surface area contributed by atoms with Crippen molar-refractivity contribution < 1.29 is 32.9 Å². The number of aliphatic hydroxyl groups excluding tert-OH is 1. The molecule has 0 bridgehead atoms. The fourth-order valence-electron chi connectivity index (χ4n) is 7.34. The molecule has 0 spiro atoms. The van der Waals surface area contributed by atoms with Crippen molar-refractivity contribution in [3.05, 3.63) is 48.6 Å². The highest BCUT2D eigenvalue weighted by atomic mass is 31.2. The van der Waals surface area contributed by atoms with Crippen molar-refractivity contribution in [1.82, 2.24) is 5.32 Å². The molecule has 3 atom stereocenters. The number of quaternary nitrogens is 1. The molecule has 0 rings (SSSR count). The van der Waals surface area contributed by atoms with Crippen LogP contribution < -0.4 is 10.2 Å². The highest BCUT2D eigenvalue weighted by Crippen LogP contribution is 2.38. The second-order valence-electron chi connectivity index (χ2n) is 18.9. The maximum Gasteiger partial charge on any atom is 0.268 e. The van der Waals surface area contributed by atoms with E-state index in [1.54, 1.807) is 6.08 Å². The lowest BCUT2D eigenvalue weighted by Crippen LogP contribution is -2.45. The van der Waals surface area contributed by atoms with Crippen LogP contribution >= 0.6 is 7.82 Å². The molecule has 364 valence electrons. The summed E-state index contributed by atoms with van der Waals surface area (Å²) in [5.74, 6) is -0.213. The number of carbonyl (C=O) groups excluding carboxylic acids is 1. The number of amides is 1. The third-order valence-electron chi connectivity index (χ3n) is 11.5. The number of hydrogen-bond donors (Lipinski definition) is 2. The molecule has 0 radical (unpaired) electrons. The monoisotopic (exact) mass is 893 g/mol. The van der Waals surface area contributed by atoms with Crippen LogP contribution in [-0.2, 0) is 18.4 Å². The first-order valence-electron chi connectivity index (χ1n) is 26.0. The molecular weight excluding hydrogens is 792 g/mol. The molecule has 0 aromatic heterocycles. The Morgan fingerprint density at radius 2 is 0.919 bits per heavy atom. The number of carbonyl (C=O) groups is 1. The van der Waals surface area contributed by atoms with Gasteiger partial charge in [0.25, 0.3) is 7.82 Å². The standard InChI is InChI=1S/C53H101N2O6P/c1-6-8-10-12-14-16-18-20-21-22-23-24-25-26-27-28-29-30-31-32-33-34-35-37-39-41-43-45-47-53(57)54-51(50-61-62(58,59)60-49-48-55(3,4)5)52(56)46-44-42-40-38-36-19-17-15-13-11-9-7-2/h13,15,26-27,36,38,44,46,51-52,56H,6-12,14,16-25,28-35,37,39-43,45,47-50H2,1-5H3,(H-,54,57,58,59)/b15-13+,27-26-,38-36+,46-44+. The molecule has 1 amide bonds. The highest BCUT2D eigenvalue weighted by molar-refractivity contribution is 7.45. The van der Waals surface area contributed by atoms with Gasteiger partial charge < -0.3 is 28.8 Å². The topological polar surface area (TPSA) is 108 Å². The van der Waals surface area contributed by atoms with E-state index in [1.165, 1.54) is 161 Å². The van der Waals surface area contributed by atoms with Gasteiger partial charge in [0.15, 0.2) is 0 Å². The Bertz CT molecular complexity index is 1150. The molecule has 0 heterocycles. The molecule has 8 nitrogen and oxygen atoms in total. The Balaban J connectivity index is 4.14. The largest absolute Gasteiger partial charge is 0.756 e. The number of phosphoric acid groups is 1. The van der Waals surface area contributed by atoms with Crippen LogP contribution in [0.4, 0.5) is 0 Å². The van der Waals surface area contributed by atoms with Gasteiger partial charge in [-0.05, 0) is 64.2 Å². The normalized spacial score (nSPS) is 14.5. The van der Waals surface area contributed by atoms with Gasteiger partial charge >= 0.3 is 0 Å². The second-order valence-corrected chi connectivity index (χ2v) is 20.3. The average molecular weight is 893 g/mol. The number of aliphatic hydroxyl groups is 1. The van der Waals surface area contributed by atoms with Crippen LogP contribution in [-0.4, -0.2) is 68.5 Å². The predicted octanol–water partition coefficient (Wildman–Crippen LogP) is 14.6. The van der Waals surface area contributed by atoms with E-state index < -0.39 is 26.6 Å². The van der Waals surface area contributed by atoms with Crippen LogP contribution in [0, 0.1) is 0 Å². The number of allylic oxidation sites excluding steroid dienone is 7. The van der Waals surface area contributed by atoms with Crippen molar-refractivity contribution in [3.8, 4) is 0 Å². The van der Waals surface area contributed by atoms with Crippen molar-refractivity contribution in [2.75, 3.05) is 40.9 Å². The third-order valence-corrected chi connectivity index (χ3v) is 12.5. The minimum atomic E-state index is -4.60. The van der Waals surface area contributed by atoms with E-state index >= 15 is 0 Å². The Labute approximate surface area is 384 Å². The van der Waals surface area contributed by atoms with E-state index in [4.69, 9.17) is 9.05 Å². The summed E-state index contributed by atoms with van der Waals surface area (Å²) >= 11 is 0. The van der Waals surface area contributed by atoms with Gasteiger partial charge in [0, 0.05) is 6.42 Å². The molecule has 0 aromatic carbocycles. The second kappa shape index (κ2) is 44.7. The lowest BCUT2D eigenvalue weighted by Gasteiger charge is -2.29. The van der Waals surface area contributed by atoms with Gasteiger partial charge in [0.1, 0.15) is 13.2 Å². The molecule has 0 aliphatic heterocycles. The lowest BCUT2D eigenvalue weighted by atomic mass is 10.0. The Hall–Kier alpha value is -1.54. The maximum absolute atomic E-state index is 12.9. The Kier molecular flexibility index (Phi) is 43.5. The zero-order valence-corrected chi connectivity index (χ0v) is 42.2. The third kappa shape index (κ3) is 46.5. The van der Waals surface area contributed by atoms with Crippen LogP contribution in [0.2, 0.25) is 0 Å². The molecule has 0 aromatic rings. The SMILES string of the molecule is CCCC/C=C/CC/C=C/CC/C=C/C(O)C(COP(=O)([O-])OCC[N+](C)(C)C)NC(=O)CCCCCCCCCCCCCC/C=C\CCCCCCCCCCCCCC. The van der Waals surface area contributed by atoms with Gasteiger partial charge in [-0.1, -0.05) is 210 Å². The van der Waals surface area contributed by atoms with E-state index in [0.717, 1.165) is 51.4 Å². The quantitative estimate of drug-likeness (QED) is 0.0273. The summed E-state index contributed by atoms with van der Waals surface area (Å²) in [6.45, 7) is 4.57. The van der Waals surface area contributed by atoms with Crippen molar-refractivity contribution in [2.24, 2.45) is 0 Å². The van der Waals surface area contributed by atoms with Gasteiger partial charge in [-0.2, -0.15) is 0 Å². The predicted molar refractivity (Wildman–Crippen MR) is 265 cm³/mol. The van der Waals surface area contributed by atoms with Crippen LogP contribution in [0.3, 0.4) is 0 Å². The Morgan fingerprint density at radius 1 is 0.548 bits per heavy atom. The fourth-order valence-corrected chi connectivity index (χ4v) is 8.07. The molecule has 3 unspecified atom stereocenters. The number of unbranched alkanes of at least 4 members (excludes halogenated alkanes) is 28. The zero-order chi connectivity index (χ0) is 45.7. The summed E-state index contributed by atoms with van der Waals surface area (Å²) < 4.78 is 23.2. The molecular formula is C53H101N2O6P. The van der Waals surface area contributed by atoms with Crippen molar-refractivity contribution in [1.29, 1.82) is 0 Å². The van der Waals surface area contributed by atoms with Gasteiger partial charge in [-0.3, -0.25) is 9.36 Å². The van der Waals surface area contributed by atoms with E-state index in [-0.39, 0.29) is 12.5 Å². The molecule has 2 N–H and O–H groups in total. The summed E-state index contributed by atoms with van der Waals surface area (Å²) in [5.41, 5.74) is 0. The molecule has 0 saturated heterocycles. The minimum Gasteiger partial charge on any atom is -0.756 e. The van der Waals surface area contributed by atoms with Gasteiger partial charge in [-0.15, -0.1) is 0 Å².